The van der Waals surface area contributed by atoms with Gasteiger partial charge in [0.05, 0.1) is 12.7 Å². The van der Waals surface area contributed by atoms with Crippen LogP contribution in [0.5, 0.6) is 0 Å². The molecule has 0 spiro atoms. The second-order valence-electron chi connectivity index (χ2n) is 3.75. The zero-order chi connectivity index (χ0) is 11.5. The van der Waals surface area contributed by atoms with Crippen LogP contribution in [0.2, 0.25) is 0 Å². The van der Waals surface area contributed by atoms with Crippen LogP contribution in [0.3, 0.4) is 0 Å². The van der Waals surface area contributed by atoms with E-state index in [0.717, 1.165) is 16.5 Å². The number of benzene rings is 1. The molecule has 0 fully saturated rings. The van der Waals surface area contributed by atoms with E-state index in [1.807, 2.05) is 24.3 Å². The fourth-order valence-electron chi connectivity index (χ4n) is 1.79. The smallest absolute Gasteiger partial charge is 0.304 e. The predicted octanol–water partition coefficient (Wildman–Crippen LogP) is 1.95. The number of furan rings is 1. The Balaban J connectivity index is 2.32. The van der Waals surface area contributed by atoms with Gasteiger partial charge in [-0.3, -0.25) is 4.79 Å². The van der Waals surface area contributed by atoms with Crippen molar-refractivity contribution in [1.29, 1.82) is 0 Å². The molecule has 0 aliphatic carbocycles. The fourth-order valence-corrected chi connectivity index (χ4v) is 1.79. The highest BCUT2D eigenvalue weighted by atomic mass is 16.4. The summed E-state index contributed by atoms with van der Waals surface area (Å²) in [5, 5.41) is 9.75. The van der Waals surface area contributed by atoms with E-state index in [1.54, 1.807) is 6.26 Å². The third kappa shape index (κ3) is 2.06. The van der Waals surface area contributed by atoms with Gasteiger partial charge < -0.3 is 15.3 Å². The number of carboxylic acids is 1. The molecule has 0 aliphatic heterocycles. The van der Waals surface area contributed by atoms with Gasteiger partial charge in [0.1, 0.15) is 5.58 Å². The van der Waals surface area contributed by atoms with E-state index >= 15 is 0 Å². The van der Waals surface area contributed by atoms with Crippen molar-refractivity contribution in [3.05, 3.63) is 36.1 Å². The monoisotopic (exact) mass is 219 g/mol. The SMILES string of the molecule is NCC(CC(=O)O)c1ccc2occc2c1. The zero-order valence-corrected chi connectivity index (χ0v) is 8.72. The maximum Gasteiger partial charge on any atom is 0.304 e. The van der Waals surface area contributed by atoms with Gasteiger partial charge in [-0.1, -0.05) is 6.07 Å². The minimum absolute atomic E-state index is 0.0554. The van der Waals surface area contributed by atoms with Gasteiger partial charge in [0.15, 0.2) is 0 Å². The first-order chi connectivity index (χ1) is 7.70. The summed E-state index contributed by atoms with van der Waals surface area (Å²) in [4.78, 5) is 10.7. The van der Waals surface area contributed by atoms with Gasteiger partial charge in [-0.05, 0) is 30.3 Å². The van der Waals surface area contributed by atoms with E-state index in [2.05, 4.69) is 0 Å². The van der Waals surface area contributed by atoms with Crippen molar-refractivity contribution in [3.63, 3.8) is 0 Å². The van der Waals surface area contributed by atoms with Gasteiger partial charge in [-0.25, -0.2) is 0 Å². The number of hydrogen-bond acceptors (Lipinski definition) is 3. The summed E-state index contributed by atoms with van der Waals surface area (Å²) in [6.07, 6.45) is 1.67. The molecule has 3 N–H and O–H groups in total. The summed E-state index contributed by atoms with van der Waals surface area (Å²) in [7, 11) is 0. The second-order valence-corrected chi connectivity index (χ2v) is 3.75. The Labute approximate surface area is 92.7 Å². The molecule has 0 saturated carbocycles. The maximum atomic E-state index is 10.7. The largest absolute Gasteiger partial charge is 0.481 e. The van der Waals surface area contributed by atoms with Crippen molar-refractivity contribution in [3.8, 4) is 0 Å². The quantitative estimate of drug-likeness (QED) is 0.824. The molecular weight excluding hydrogens is 206 g/mol. The van der Waals surface area contributed by atoms with Crippen molar-refractivity contribution in [1.82, 2.24) is 0 Å². The third-order valence-corrected chi connectivity index (χ3v) is 2.65. The number of nitrogens with two attached hydrogens (primary N) is 1. The van der Waals surface area contributed by atoms with Crippen LogP contribution in [0.4, 0.5) is 0 Å². The average Bonchev–Trinajstić information content (AvgIpc) is 2.72. The molecule has 1 heterocycles. The van der Waals surface area contributed by atoms with Crippen LogP contribution >= 0.6 is 0 Å². The molecule has 1 atom stereocenters. The van der Waals surface area contributed by atoms with Crippen LogP contribution in [-0.2, 0) is 4.79 Å². The number of carbonyl (C=O) groups is 1. The van der Waals surface area contributed by atoms with E-state index in [-0.39, 0.29) is 12.3 Å². The van der Waals surface area contributed by atoms with Crippen molar-refractivity contribution in [2.45, 2.75) is 12.3 Å². The van der Waals surface area contributed by atoms with Gasteiger partial charge >= 0.3 is 5.97 Å². The molecule has 4 heteroatoms. The summed E-state index contributed by atoms with van der Waals surface area (Å²) >= 11 is 0. The molecule has 0 amide bonds. The number of fused-ring (bicyclic) bond motifs is 1. The lowest BCUT2D eigenvalue weighted by Gasteiger charge is -2.12. The topological polar surface area (TPSA) is 76.5 Å². The predicted molar refractivity (Wildman–Crippen MR) is 60.3 cm³/mol. The van der Waals surface area contributed by atoms with Crippen molar-refractivity contribution >= 4 is 16.9 Å². The number of carboxylic acid groups (broad SMARTS) is 1. The van der Waals surface area contributed by atoms with Crippen LogP contribution in [0, 0.1) is 0 Å². The highest BCUT2D eigenvalue weighted by Crippen LogP contribution is 2.24. The lowest BCUT2D eigenvalue weighted by molar-refractivity contribution is -0.137. The summed E-state index contributed by atoms with van der Waals surface area (Å²) in [5.41, 5.74) is 7.33. The summed E-state index contributed by atoms with van der Waals surface area (Å²) < 4.78 is 5.22. The second kappa shape index (κ2) is 4.37. The summed E-state index contributed by atoms with van der Waals surface area (Å²) in [6.45, 7) is 0.329. The molecule has 0 bridgehead atoms. The van der Waals surface area contributed by atoms with E-state index in [4.69, 9.17) is 15.3 Å². The van der Waals surface area contributed by atoms with Gasteiger partial charge in [-0.2, -0.15) is 0 Å². The van der Waals surface area contributed by atoms with Crippen LogP contribution in [0.25, 0.3) is 11.0 Å². The van der Waals surface area contributed by atoms with Crippen LogP contribution in [0.1, 0.15) is 17.9 Å². The van der Waals surface area contributed by atoms with Crippen molar-refractivity contribution in [2.24, 2.45) is 5.73 Å². The Morgan fingerprint density at radius 2 is 2.25 bits per heavy atom. The van der Waals surface area contributed by atoms with Crippen LogP contribution in [-0.4, -0.2) is 17.6 Å². The van der Waals surface area contributed by atoms with Crippen LogP contribution in [0.15, 0.2) is 34.9 Å². The van der Waals surface area contributed by atoms with E-state index in [9.17, 15) is 4.79 Å². The lowest BCUT2D eigenvalue weighted by atomic mass is 9.95. The van der Waals surface area contributed by atoms with E-state index < -0.39 is 5.97 Å². The first-order valence-electron chi connectivity index (χ1n) is 5.09. The number of hydrogen-bond donors (Lipinski definition) is 2. The Kier molecular flexibility index (Phi) is 2.92. The summed E-state index contributed by atoms with van der Waals surface area (Å²) in [5.74, 6) is -0.973. The van der Waals surface area contributed by atoms with Gasteiger partial charge in [0.2, 0.25) is 0 Å². The summed E-state index contributed by atoms with van der Waals surface area (Å²) in [6, 6.07) is 7.49. The Hall–Kier alpha value is -1.81. The highest BCUT2D eigenvalue weighted by molar-refractivity contribution is 5.78. The molecule has 0 radical (unpaired) electrons. The van der Waals surface area contributed by atoms with E-state index in [0.29, 0.717) is 6.54 Å². The first-order valence-corrected chi connectivity index (χ1v) is 5.09. The minimum atomic E-state index is -0.831. The molecule has 2 aromatic rings. The lowest BCUT2D eigenvalue weighted by Crippen LogP contribution is -2.16. The molecule has 0 saturated heterocycles. The number of rotatable bonds is 4. The molecule has 84 valence electrons. The normalized spacial score (nSPS) is 12.8. The van der Waals surface area contributed by atoms with E-state index in [1.165, 1.54) is 0 Å². The Morgan fingerprint density at radius 3 is 2.94 bits per heavy atom. The molecule has 1 aromatic heterocycles. The van der Waals surface area contributed by atoms with Crippen LogP contribution < -0.4 is 5.73 Å². The third-order valence-electron chi connectivity index (χ3n) is 2.65. The Bertz CT molecular complexity index is 504. The first kappa shape index (κ1) is 10.7. The highest BCUT2D eigenvalue weighted by Gasteiger charge is 2.14. The fraction of sp³-hybridized carbons (Fsp3) is 0.250. The Morgan fingerprint density at radius 1 is 1.44 bits per heavy atom. The average molecular weight is 219 g/mol. The molecular formula is C12H13NO3. The van der Waals surface area contributed by atoms with Gasteiger partial charge in [-0.15, -0.1) is 0 Å². The van der Waals surface area contributed by atoms with Gasteiger partial charge in [0, 0.05) is 11.3 Å². The maximum absolute atomic E-state index is 10.7. The molecule has 1 aromatic carbocycles. The standard InChI is InChI=1S/C12H13NO3/c13-7-10(6-12(14)15)8-1-2-11-9(5-8)3-4-16-11/h1-5,10H,6-7,13H2,(H,14,15). The molecule has 4 nitrogen and oxygen atoms in total. The van der Waals surface area contributed by atoms with Gasteiger partial charge in [0.25, 0.3) is 0 Å². The minimum Gasteiger partial charge on any atom is -0.481 e. The van der Waals surface area contributed by atoms with Crippen molar-refractivity contribution < 1.29 is 14.3 Å². The number of aliphatic carboxylic acids is 1. The van der Waals surface area contributed by atoms with Crippen molar-refractivity contribution in [2.75, 3.05) is 6.54 Å². The molecule has 0 aliphatic rings. The zero-order valence-electron chi connectivity index (χ0n) is 8.72. The molecule has 1 unspecified atom stereocenters. The molecule has 2 rings (SSSR count). The molecule has 16 heavy (non-hydrogen) atoms.